The molecule has 0 heterocycles. The smallest absolute Gasteiger partial charge is 0.327 e. The van der Waals surface area contributed by atoms with Crippen LogP contribution >= 0.6 is 0 Å². The van der Waals surface area contributed by atoms with Gasteiger partial charge in [-0.2, -0.15) is 4.79 Å². The fraction of sp³-hybridized carbons (Fsp3) is 0.818. The van der Waals surface area contributed by atoms with Crippen LogP contribution in [0.1, 0.15) is 20.8 Å². The van der Waals surface area contributed by atoms with Crippen molar-refractivity contribution in [2.24, 2.45) is 0 Å². The van der Waals surface area contributed by atoms with E-state index in [9.17, 15) is 9.59 Å². The summed E-state index contributed by atoms with van der Waals surface area (Å²) in [6, 6.07) is -0.470. The van der Waals surface area contributed by atoms with E-state index in [2.05, 4.69) is 0 Å². The van der Waals surface area contributed by atoms with Gasteiger partial charge in [-0.25, -0.2) is 4.79 Å². The predicted octanol–water partition coefficient (Wildman–Crippen LogP) is 1.13. The van der Waals surface area contributed by atoms with E-state index >= 15 is 0 Å². The Morgan fingerprint density at radius 2 is 1.53 bits per heavy atom. The van der Waals surface area contributed by atoms with Crippen LogP contribution in [-0.4, -0.2) is 67.6 Å². The summed E-state index contributed by atoms with van der Waals surface area (Å²) in [5.41, 5.74) is 0. The highest BCUT2D eigenvalue weighted by Crippen LogP contribution is 2.06. The number of carbonyl (C=O) groups is 2. The second-order valence-electron chi connectivity index (χ2n) is 4.51. The Hall–Kier alpha value is -1.30. The van der Waals surface area contributed by atoms with Crippen molar-refractivity contribution in [1.82, 2.24) is 19.8 Å². The number of nitrogens with zero attached hydrogens (tertiary/aromatic N) is 4. The van der Waals surface area contributed by atoms with Crippen molar-refractivity contribution >= 4 is 12.1 Å². The van der Waals surface area contributed by atoms with Crippen molar-refractivity contribution in [2.45, 2.75) is 26.8 Å². The topological polar surface area (TPSA) is 49.8 Å². The summed E-state index contributed by atoms with van der Waals surface area (Å²) < 4.78 is 0. The van der Waals surface area contributed by atoms with Gasteiger partial charge in [0, 0.05) is 33.2 Å². The molecule has 0 aromatic rings. The normalized spacial score (nSPS) is 10.6. The van der Waals surface area contributed by atoms with Gasteiger partial charge in [0.2, 0.25) is 0 Å². The van der Waals surface area contributed by atoms with Crippen molar-refractivity contribution in [3.8, 4) is 0 Å². The molecular weight excluding hydrogens is 220 g/mol. The third-order valence-electron chi connectivity index (χ3n) is 2.23. The van der Waals surface area contributed by atoms with Crippen LogP contribution in [0.4, 0.5) is 9.59 Å². The van der Waals surface area contributed by atoms with Crippen LogP contribution in [0.5, 0.6) is 0 Å². The van der Waals surface area contributed by atoms with Gasteiger partial charge in [-0.05, 0) is 20.8 Å². The molecule has 0 aliphatic carbocycles. The molecule has 0 bridgehead atoms. The van der Waals surface area contributed by atoms with Crippen LogP contribution < -0.4 is 5.01 Å². The summed E-state index contributed by atoms with van der Waals surface area (Å²) in [5, 5.41) is 2.93. The molecule has 4 amide bonds. The summed E-state index contributed by atoms with van der Waals surface area (Å²) in [7, 11) is 6.69. The molecule has 0 saturated heterocycles. The average molecular weight is 244 g/mol. The highest BCUT2D eigenvalue weighted by Gasteiger charge is 2.42. The second kappa shape index (κ2) is 6.44. The van der Waals surface area contributed by atoms with Crippen LogP contribution in [0.25, 0.3) is 0 Å². The van der Waals surface area contributed by atoms with Gasteiger partial charge in [-0.1, -0.05) is 0 Å². The zero-order chi connectivity index (χ0) is 13.7. The van der Waals surface area contributed by atoms with Crippen molar-refractivity contribution < 1.29 is 9.59 Å². The first-order chi connectivity index (χ1) is 7.73. The van der Waals surface area contributed by atoms with Gasteiger partial charge in [0.15, 0.2) is 6.04 Å². The molecule has 0 rings (SSSR count). The molecule has 0 N–H and O–H groups in total. The minimum absolute atomic E-state index is 0.0752. The summed E-state index contributed by atoms with van der Waals surface area (Å²) in [5.74, 6) is 0. The molecule has 0 spiro atoms. The summed E-state index contributed by atoms with van der Waals surface area (Å²) in [4.78, 5) is 27.0. The zero-order valence-electron chi connectivity index (χ0n) is 11.9. The van der Waals surface area contributed by atoms with Crippen LogP contribution in [0.3, 0.4) is 0 Å². The lowest BCUT2D eigenvalue weighted by molar-refractivity contribution is 0.0715. The maximum atomic E-state index is 12.1. The molecule has 6 nitrogen and oxygen atoms in total. The Morgan fingerprint density at radius 3 is 1.76 bits per heavy atom. The van der Waals surface area contributed by atoms with Gasteiger partial charge in [0.05, 0.1) is 6.54 Å². The fourth-order valence-corrected chi connectivity index (χ4v) is 1.42. The van der Waals surface area contributed by atoms with Gasteiger partial charge in [0.25, 0.3) is 0 Å². The second-order valence-corrected chi connectivity index (χ2v) is 4.51. The number of urea groups is 2. The molecule has 0 fully saturated rings. The van der Waals surface area contributed by atoms with Crippen molar-refractivity contribution in [2.75, 3.05) is 34.7 Å². The largest absolute Gasteiger partial charge is 0.495 e. The molecule has 0 aromatic heterocycles. The zero-order valence-corrected chi connectivity index (χ0v) is 11.9. The van der Waals surface area contributed by atoms with Gasteiger partial charge >= 0.3 is 12.1 Å². The van der Waals surface area contributed by atoms with Crippen LogP contribution in [-0.2, 0) is 0 Å². The van der Waals surface area contributed by atoms with E-state index in [0.717, 1.165) is 0 Å². The Balaban J connectivity index is 5.14. The summed E-state index contributed by atoms with van der Waals surface area (Å²) in [6.07, 6.45) is 0. The van der Waals surface area contributed by atoms with Crippen molar-refractivity contribution in [3.63, 3.8) is 0 Å². The van der Waals surface area contributed by atoms with E-state index in [4.69, 9.17) is 0 Å². The van der Waals surface area contributed by atoms with Gasteiger partial charge in [-0.15, -0.1) is 5.01 Å². The maximum Gasteiger partial charge on any atom is 0.495 e. The van der Waals surface area contributed by atoms with Crippen LogP contribution in [0.2, 0.25) is 0 Å². The summed E-state index contributed by atoms with van der Waals surface area (Å²) in [6.45, 7) is 6.06. The predicted molar refractivity (Wildman–Crippen MR) is 67.8 cm³/mol. The third kappa shape index (κ3) is 3.89. The van der Waals surface area contributed by atoms with Gasteiger partial charge < -0.3 is 4.90 Å². The first-order valence-electron chi connectivity index (χ1n) is 5.73. The highest BCUT2D eigenvalue weighted by atomic mass is 16.2. The lowest BCUT2D eigenvalue weighted by Crippen LogP contribution is -2.62. The molecule has 0 saturated carbocycles. The molecule has 1 radical (unpaired) electrons. The number of hydrogen-bond donors (Lipinski definition) is 0. The van der Waals surface area contributed by atoms with E-state index in [1.165, 1.54) is 19.8 Å². The van der Waals surface area contributed by atoms with E-state index in [0.29, 0.717) is 6.54 Å². The minimum atomic E-state index is -0.198. The summed E-state index contributed by atoms with van der Waals surface area (Å²) >= 11 is 0. The Bertz CT molecular complexity index is 277. The highest BCUT2D eigenvalue weighted by molar-refractivity contribution is 5.82. The third-order valence-corrected chi connectivity index (χ3v) is 2.23. The molecule has 0 aliphatic rings. The number of hydrazine groups is 1. The molecular formula is C11H24N4O2+. The minimum Gasteiger partial charge on any atom is -0.327 e. The lowest BCUT2D eigenvalue weighted by Gasteiger charge is -2.27. The van der Waals surface area contributed by atoms with Crippen molar-refractivity contribution in [1.29, 1.82) is 0 Å². The van der Waals surface area contributed by atoms with Crippen LogP contribution in [0, 0.1) is 0 Å². The van der Waals surface area contributed by atoms with Crippen LogP contribution in [0.15, 0.2) is 0 Å². The molecule has 99 valence electrons. The Labute approximate surface area is 104 Å². The molecule has 0 aromatic carbocycles. The Kier molecular flexibility index (Phi) is 5.95. The van der Waals surface area contributed by atoms with Gasteiger partial charge in [0.1, 0.15) is 0 Å². The van der Waals surface area contributed by atoms with E-state index in [1.807, 2.05) is 20.8 Å². The first-order valence-corrected chi connectivity index (χ1v) is 5.73. The van der Waals surface area contributed by atoms with E-state index < -0.39 is 0 Å². The van der Waals surface area contributed by atoms with E-state index in [-0.39, 0.29) is 18.1 Å². The molecule has 17 heavy (non-hydrogen) atoms. The fourth-order valence-electron chi connectivity index (χ4n) is 1.42. The average Bonchev–Trinajstić information content (AvgIpc) is 2.22. The van der Waals surface area contributed by atoms with Crippen molar-refractivity contribution in [3.05, 3.63) is 0 Å². The SMILES string of the molecule is CCN(C(=O)N(C)C)[N+](C(=O)N(C)C)C(C)C. The van der Waals surface area contributed by atoms with Gasteiger partial charge in [-0.3, -0.25) is 4.90 Å². The number of carbonyl (C=O) groups excluding carboxylic acids is 2. The van der Waals surface area contributed by atoms with E-state index in [1.54, 1.807) is 28.2 Å². The molecule has 6 heteroatoms. The molecule has 0 atom stereocenters. The molecule has 0 unspecified atom stereocenters. The standard InChI is InChI=1S/C11H24N4O2/c1-8-14(10(16)12(4)5)15(9(2)3)11(17)13(6)7/h9H,8H2,1-7H3/q+1. The number of rotatable bonds is 2. The first kappa shape index (κ1) is 15.7. The maximum absolute atomic E-state index is 12.1. The monoisotopic (exact) mass is 244 g/mol. The number of hydrogen-bond acceptors (Lipinski definition) is 2. The molecule has 0 aliphatic heterocycles. The lowest BCUT2D eigenvalue weighted by atomic mass is 10.4. The number of amides is 4. The Morgan fingerprint density at radius 1 is 1.06 bits per heavy atom. The quantitative estimate of drug-likeness (QED) is 0.540.